The van der Waals surface area contributed by atoms with Crippen molar-refractivity contribution in [2.24, 2.45) is 5.92 Å². The Kier molecular flexibility index (Phi) is 4.63. The summed E-state index contributed by atoms with van der Waals surface area (Å²) in [4.78, 5) is 27.4. The minimum atomic E-state index is -0.0298. The van der Waals surface area contributed by atoms with Crippen LogP contribution >= 0.6 is 11.6 Å². The Bertz CT molecular complexity index is 897. The lowest BCUT2D eigenvalue weighted by molar-refractivity contribution is -0.120. The van der Waals surface area contributed by atoms with Gasteiger partial charge in [-0.25, -0.2) is 4.98 Å². The number of carbonyl (C=O) groups is 1. The van der Waals surface area contributed by atoms with Gasteiger partial charge in [0, 0.05) is 35.4 Å². The molecule has 130 valence electrons. The number of nitrogens with zero attached hydrogens (tertiary/aromatic N) is 4. The number of hydrogen-bond donors (Lipinski definition) is 0. The fraction of sp³-hybridized carbons (Fsp3) is 0.200. The van der Waals surface area contributed by atoms with Crippen LogP contribution in [0.25, 0.3) is 11.3 Å². The summed E-state index contributed by atoms with van der Waals surface area (Å²) in [5.41, 5.74) is 2.83. The lowest BCUT2D eigenvalue weighted by Crippen LogP contribution is -2.28. The Labute approximate surface area is 156 Å². The predicted molar refractivity (Wildman–Crippen MR) is 101 cm³/mol. The number of carbonyl (C=O) groups excluding carboxylic acids is 1. The summed E-state index contributed by atoms with van der Waals surface area (Å²) in [5, 5.41) is 0.706. The molecule has 0 spiro atoms. The highest BCUT2D eigenvalue weighted by Gasteiger charge is 2.33. The average Bonchev–Trinajstić information content (AvgIpc) is 3.05. The largest absolute Gasteiger partial charge is 0.295 e. The summed E-state index contributed by atoms with van der Waals surface area (Å²) >= 11 is 5.92. The third-order valence-electron chi connectivity index (χ3n) is 4.60. The van der Waals surface area contributed by atoms with E-state index in [1.54, 1.807) is 29.7 Å². The molecule has 2 aromatic heterocycles. The van der Waals surface area contributed by atoms with Crippen LogP contribution < -0.4 is 4.90 Å². The molecule has 5 nitrogen and oxygen atoms in total. The number of pyridine rings is 1. The van der Waals surface area contributed by atoms with Gasteiger partial charge in [0.1, 0.15) is 0 Å². The molecule has 4 rings (SSSR count). The molecule has 0 unspecified atom stereocenters. The summed E-state index contributed by atoms with van der Waals surface area (Å²) in [5.74, 6) is 0.676. The van der Waals surface area contributed by atoms with Crippen molar-refractivity contribution in [2.45, 2.75) is 12.8 Å². The molecule has 1 aliphatic rings. The first-order chi connectivity index (χ1) is 12.7. The molecule has 1 atom stereocenters. The van der Waals surface area contributed by atoms with Crippen LogP contribution in [-0.2, 0) is 11.2 Å². The highest BCUT2D eigenvalue weighted by molar-refractivity contribution is 6.30. The Hall–Kier alpha value is -2.79. The van der Waals surface area contributed by atoms with Gasteiger partial charge >= 0.3 is 0 Å². The fourth-order valence-electron chi connectivity index (χ4n) is 3.19. The number of rotatable bonds is 4. The second-order valence-electron chi connectivity index (χ2n) is 6.30. The van der Waals surface area contributed by atoms with Crippen LogP contribution in [-0.4, -0.2) is 27.4 Å². The number of aromatic nitrogens is 3. The molecule has 1 amide bonds. The topological polar surface area (TPSA) is 59.0 Å². The van der Waals surface area contributed by atoms with Crippen LogP contribution in [0.5, 0.6) is 0 Å². The number of benzene rings is 1. The van der Waals surface area contributed by atoms with E-state index in [2.05, 4.69) is 15.0 Å². The van der Waals surface area contributed by atoms with Crippen molar-refractivity contribution in [1.29, 1.82) is 0 Å². The normalized spacial score (nSPS) is 16.9. The third-order valence-corrected chi connectivity index (χ3v) is 4.85. The van der Waals surface area contributed by atoms with Gasteiger partial charge in [-0.15, -0.1) is 0 Å². The second-order valence-corrected chi connectivity index (χ2v) is 6.74. The number of amides is 1. The van der Waals surface area contributed by atoms with Gasteiger partial charge in [-0.3, -0.25) is 19.7 Å². The van der Waals surface area contributed by atoms with Crippen LogP contribution in [0.15, 0.2) is 61.2 Å². The average molecular weight is 365 g/mol. The quantitative estimate of drug-likeness (QED) is 0.706. The first kappa shape index (κ1) is 16.7. The van der Waals surface area contributed by atoms with Crippen molar-refractivity contribution in [3.63, 3.8) is 0 Å². The van der Waals surface area contributed by atoms with Crippen molar-refractivity contribution in [3.8, 4) is 11.3 Å². The Morgan fingerprint density at radius 1 is 1.04 bits per heavy atom. The maximum Gasteiger partial charge on any atom is 0.231 e. The zero-order valence-electron chi connectivity index (χ0n) is 14.0. The summed E-state index contributed by atoms with van der Waals surface area (Å²) in [6.07, 6.45) is 8.33. The van der Waals surface area contributed by atoms with E-state index < -0.39 is 0 Å². The lowest BCUT2D eigenvalue weighted by atomic mass is 9.98. The summed E-state index contributed by atoms with van der Waals surface area (Å²) in [7, 11) is 0. The van der Waals surface area contributed by atoms with E-state index in [-0.39, 0.29) is 11.8 Å². The van der Waals surface area contributed by atoms with Crippen LogP contribution in [0, 0.1) is 5.92 Å². The zero-order valence-corrected chi connectivity index (χ0v) is 14.8. The Balaban J connectivity index is 1.47. The predicted octanol–water partition coefficient (Wildman–Crippen LogP) is 3.79. The molecule has 0 saturated carbocycles. The van der Waals surface area contributed by atoms with E-state index in [0.29, 0.717) is 17.4 Å². The van der Waals surface area contributed by atoms with Crippen LogP contribution in [0.1, 0.15) is 12.0 Å². The first-order valence-corrected chi connectivity index (χ1v) is 8.87. The van der Waals surface area contributed by atoms with Gasteiger partial charge in [-0.05, 0) is 42.7 Å². The fourth-order valence-corrected chi connectivity index (χ4v) is 3.32. The number of halogens is 1. The summed E-state index contributed by atoms with van der Waals surface area (Å²) < 4.78 is 0. The summed E-state index contributed by atoms with van der Waals surface area (Å²) in [6, 6.07) is 11.4. The zero-order chi connectivity index (χ0) is 17.9. The van der Waals surface area contributed by atoms with Gasteiger partial charge < -0.3 is 0 Å². The van der Waals surface area contributed by atoms with Crippen molar-refractivity contribution < 1.29 is 4.79 Å². The molecule has 1 aromatic carbocycles. The molecular formula is C20H17ClN4O. The van der Waals surface area contributed by atoms with E-state index in [4.69, 9.17) is 11.6 Å². The van der Waals surface area contributed by atoms with Crippen molar-refractivity contribution in [2.75, 3.05) is 11.4 Å². The number of anilines is 1. The molecule has 1 saturated heterocycles. The summed E-state index contributed by atoms with van der Waals surface area (Å²) in [6.45, 7) is 0.667. The standard InChI is InChI=1S/C20H17ClN4O/c21-17-3-1-14(2-4-17)11-16-7-10-25(20(16)26)19-13-23-18(12-24-19)15-5-8-22-9-6-15/h1-6,8-9,12-13,16H,7,10-11H2/t16-/m1/s1. The van der Waals surface area contributed by atoms with Gasteiger partial charge in [0.25, 0.3) is 0 Å². The van der Waals surface area contributed by atoms with E-state index in [0.717, 1.165) is 29.7 Å². The third kappa shape index (κ3) is 3.44. The minimum absolute atomic E-state index is 0.0298. The molecule has 0 N–H and O–H groups in total. The molecule has 1 fully saturated rings. The second kappa shape index (κ2) is 7.22. The molecule has 0 radical (unpaired) electrons. The minimum Gasteiger partial charge on any atom is -0.295 e. The Morgan fingerprint density at radius 3 is 2.50 bits per heavy atom. The van der Waals surface area contributed by atoms with Crippen LogP contribution in [0.2, 0.25) is 5.02 Å². The van der Waals surface area contributed by atoms with Crippen molar-refractivity contribution in [3.05, 3.63) is 71.8 Å². The molecule has 3 heterocycles. The molecule has 1 aliphatic heterocycles. The van der Waals surface area contributed by atoms with Crippen LogP contribution in [0.3, 0.4) is 0 Å². The van der Waals surface area contributed by atoms with Gasteiger partial charge in [0.05, 0.1) is 18.1 Å². The molecular weight excluding hydrogens is 348 g/mol. The molecule has 0 bridgehead atoms. The molecule has 0 aliphatic carbocycles. The van der Waals surface area contributed by atoms with Gasteiger partial charge in [-0.1, -0.05) is 23.7 Å². The van der Waals surface area contributed by atoms with Gasteiger partial charge in [0.2, 0.25) is 5.91 Å². The lowest BCUT2D eigenvalue weighted by Gasteiger charge is -2.15. The maximum absolute atomic E-state index is 12.8. The SMILES string of the molecule is O=C1[C@@H](Cc2ccc(Cl)cc2)CCN1c1cnc(-c2ccncc2)cn1. The maximum atomic E-state index is 12.8. The highest BCUT2D eigenvalue weighted by atomic mass is 35.5. The van der Waals surface area contributed by atoms with Crippen molar-refractivity contribution in [1.82, 2.24) is 15.0 Å². The van der Waals surface area contributed by atoms with E-state index >= 15 is 0 Å². The van der Waals surface area contributed by atoms with E-state index in [1.165, 1.54) is 0 Å². The van der Waals surface area contributed by atoms with Gasteiger partial charge in [-0.2, -0.15) is 0 Å². The first-order valence-electron chi connectivity index (χ1n) is 8.49. The monoisotopic (exact) mass is 364 g/mol. The smallest absolute Gasteiger partial charge is 0.231 e. The van der Waals surface area contributed by atoms with Crippen LogP contribution in [0.4, 0.5) is 5.82 Å². The van der Waals surface area contributed by atoms with E-state index in [9.17, 15) is 4.79 Å². The Morgan fingerprint density at radius 2 is 1.81 bits per heavy atom. The van der Waals surface area contributed by atoms with E-state index in [1.807, 2.05) is 36.4 Å². The van der Waals surface area contributed by atoms with Crippen molar-refractivity contribution >= 4 is 23.3 Å². The molecule has 3 aromatic rings. The molecule has 6 heteroatoms. The molecule has 26 heavy (non-hydrogen) atoms. The number of hydrogen-bond acceptors (Lipinski definition) is 4. The van der Waals surface area contributed by atoms with Gasteiger partial charge in [0.15, 0.2) is 5.82 Å². The highest BCUT2D eigenvalue weighted by Crippen LogP contribution is 2.27.